The van der Waals surface area contributed by atoms with Crippen LogP contribution >= 0.6 is 0 Å². The number of nitrogens with one attached hydrogen (secondary N) is 9. The Morgan fingerprint density at radius 2 is 0.678 bits per heavy atom. The van der Waals surface area contributed by atoms with Crippen molar-refractivity contribution in [2.45, 2.75) is 44.6 Å². The van der Waals surface area contributed by atoms with Crippen LogP contribution in [-0.2, 0) is 26.7 Å². The largest absolute Gasteiger partial charge is 3.00 e. The molecule has 0 aromatic heterocycles. The van der Waals surface area contributed by atoms with Crippen molar-refractivity contribution < 1.29 is 85.4 Å². The van der Waals surface area contributed by atoms with Gasteiger partial charge in [-0.3, -0.25) is 67.5 Å². The van der Waals surface area contributed by atoms with E-state index >= 15 is 0 Å². The average molecular weight is 1290 g/mol. The number of phenolic OH excluding ortho intramolecular Hbond substituents is 4. The van der Waals surface area contributed by atoms with Gasteiger partial charge < -0.3 is 74.0 Å². The summed E-state index contributed by atoms with van der Waals surface area (Å²) in [5.74, 6) is -8.50. The van der Waals surface area contributed by atoms with Gasteiger partial charge in [-0.15, -0.1) is 0 Å². The number of amides is 10. The molecule has 4 aliphatic rings. The summed E-state index contributed by atoms with van der Waals surface area (Å²) in [6.45, 7) is 2.06. The first-order chi connectivity index (χ1) is 42.9. The van der Waals surface area contributed by atoms with E-state index in [-0.39, 0.29) is 218 Å². The first-order valence-electron chi connectivity index (χ1n) is 29.9. The van der Waals surface area contributed by atoms with Crippen molar-refractivity contribution in [3.05, 3.63) is 117 Å². The van der Waals surface area contributed by atoms with E-state index in [0.717, 1.165) is 0 Å². The molecule has 4 aromatic carbocycles. The van der Waals surface area contributed by atoms with Gasteiger partial charge >= 0.3 is 17.1 Å². The molecule has 10 amide bonds. The van der Waals surface area contributed by atoms with Gasteiger partial charge in [-0.1, -0.05) is 24.3 Å². The van der Waals surface area contributed by atoms with Crippen LogP contribution in [0, 0.1) is 0 Å². The zero-order valence-corrected chi connectivity index (χ0v) is 51.1. The van der Waals surface area contributed by atoms with Gasteiger partial charge in [0.05, 0.1) is 44.5 Å². The fourth-order valence-electron chi connectivity index (χ4n) is 10.5. The Bertz CT molecular complexity index is 3140. The third-order valence-electron chi connectivity index (χ3n) is 15.5. The van der Waals surface area contributed by atoms with Crippen LogP contribution in [0.2, 0.25) is 0 Å². The van der Waals surface area contributed by atoms with Crippen LogP contribution in [0.15, 0.2) is 72.8 Å². The Hall–Kier alpha value is -8.86. The molecule has 1 radical (unpaired) electrons. The third-order valence-corrected chi connectivity index (χ3v) is 15.5. The van der Waals surface area contributed by atoms with Crippen LogP contribution in [0.25, 0.3) is 0 Å². The van der Waals surface area contributed by atoms with Crippen molar-refractivity contribution in [3.63, 3.8) is 0 Å². The van der Waals surface area contributed by atoms with E-state index in [1.807, 2.05) is 19.6 Å². The van der Waals surface area contributed by atoms with E-state index in [4.69, 9.17) is 5.73 Å². The van der Waals surface area contributed by atoms with E-state index < -0.39 is 82.2 Å². The fourth-order valence-corrected chi connectivity index (χ4v) is 10.5. The van der Waals surface area contributed by atoms with Crippen molar-refractivity contribution in [2.24, 2.45) is 5.73 Å². The Morgan fingerprint density at radius 1 is 0.400 bits per heavy atom. The molecule has 0 saturated heterocycles. The third kappa shape index (κ3) is 20.6. The summed E-state index contributed by atoms with van der Waals surface area (Å²) in [6, 6.07) is 16.2. The molecule has 4 aromatic rings. The standard InChI is InChI=1S/C61H80N14O14.Fe/c62-48(76)17-7-18-49(77)63-19-2-1-8-39-38-75-33-26-70-59(87)45-14-5-13-44(52(45)80)56(84)66-22-29-73(30-23-69-60(88)46-15-6-16-47(53(46)81)61(89)71-39)35-34-72-27-20-64-54(82)40-9-3-11-42(50(40)78)57(85)67-24-31-74(36-37-75)32-25-68-58(86)43-12-4-10-41(51(43)79)55(83)65-21-28-72;/h3-6,9-16,39,78-81H,1-2,7-8,17-38H2,(H2,62,76)(H,63,77)(H,64,82)(H,65,83)(H,66,84)(H,67,85)(H,68,86)(H,69,88)(H,70,87)(H,71,89);/q;+3. The van der Waals surface area contributed by atoms with Crippen LogP contribution < -0.4 is 53.6 Å². The number of hydrogen-bond donors (Lipinski definition) is 14. The SMILES string of the molecule is NC(=O)CCCC(=O)NCCCCC1CN2CCNC(=O)c3cccc(c3O)C(=O)NCCN(CCNC(=O)c3cccc(c3O)C(=O)N1)CCN1CCNC(=O)c3cccc(c3O)C(=O)NCCN(CCNC(=O)c3cccc(c3O)C(=O)NCC1)CC2.[Fe+3]. The van der Waals surface area contributed by atoms with E-state index in [0.29, 0.717) is 19.3 Å². The molecule has 4 aliphatic heterocycles. The first kappa shape index (κ1) is 70.2. The topological polar surface area (TPSA) is 399 Å². The zero-order valence-electron chi connectivity index (χ0n) is 50.0. The second-order valence-corrected chi connectivity index (χ2v) is 21.8. The number of primary amides is 1. The molecule has 4 heterocycles. The van der Waals surface area contributed by atoms with Crippen molar-refractivity contribution in [3.8, 4) is 23.0 Å². The molecule has 8 rings (SSSR count). The summed E-state index contributed by atoms with van der Waals surface area (Å²) in [5, 5.41) is 71.5. The molecule has 15 N–H and O–H groups in total. The van der Waals surface area contributed by atoms with Crippen molar-refractivity contribution >= 4 is 59.1 Å². The first-order valence-corrected chi connectivity index (χ1v) is 29.9. The van der Waals surface area contributed by atoms with Gasteiger partial charge in [-0.2, -0.15) is 0 Å². The van der Waals surface area contributed by atoms with Gasteiger partial charge in [0.2, 0.25) is 11.8 Å². The Morgan fingerprint density at radius 3 is 0.978 bits per heavy atom. The number of unbranched alkanes of at least 4 members (excludes halogenated alkanes) is 1. The maximum absolute atomic E-state index is 14.5. The second-order valence-electron chi connectivity index (χ2n) is 21.8. The normalized spacial score (nSPS) is 20.9. The van der Waals surface area contributed by atoms with E-state index in [1.54, 1.807) is 0 Å². The number of fused-ring (bicyclic) bond motifs is 16. The van der Waals surface area contributed by atoms with E-state index in [2.05, 4.69) is 47.9 Å². The number of para-hydroxylation sites is 4. The zero-order chi connectivity index (χ0) is 63.8. The minimum atomic E-state index is -0.711. The molecule has 0 spiro atoms. The summed E-state index contributed by atoms with van der Waals surface area (Å²) in [6.07, 6.45) is 1.64. The second kappa shape index (κ2) is 35.4. The Balaban J connectivity index is 0.0000129. The molecule has 3 atom stereocenters. The molecular formula is C61H80FeN14O14+3. The number of carbonyl (C=O) groups is 10. The minimum Gasteiger partial charge on any atom is -0.506 e. The predicted octanol–water partition coefficient (Wildman–Crippen LogP) is -0.995. The number of phenols is 4. The summed E-state index contributed by atoms with van der Waals surface area (Å²) >= 11 is 0. The molecule has 483 valence electrons. The maximum Gasteiger partial charge on any atom is 3.00 e. The van der Waals surface area contributed by atoms with Crippen LogP contribution in [0.3, 0.4) is 0 Å². The van der Waals surface area contributed by atoms with Crippen LogP contribution in [0.4, 0.5) is 0 Å². The molecule has 0 aliphatic carbocycles. The molecule has 28 nitrogen and oxygen atoms in total. The van der Waals surface area contributed by atoms with E-state index in [9.17, 15) is 68.4 Å². The van der Waals surface area contributed by atoms with Gasteiger partial charge in [-0.25, -0.2) is 0 Å². The van der Waals surface area contributed by atoms with Crippen LogP contribution in [-0.4, -0.2) is 236 Å². The maximum atomic E-state index is 14.5. The monoisotopic (exact) mass is 1290 g/mol. The minimum absolute atomic E-state index is 0. The summed E-state index contributed by atoms with van der Waals surface area (Å²) in [7, 11) is 0. The Kier molecular flexibility index (Phi) is 27.6. The molecular weight excluding hydrogens is 1210 g/mol. The average Bonchev–Trinajstić information content (AvgIpc) is 1.32. The van der Waals surface area contributed by atoms with Gasteiger partial charge in [0, 0.05) is 150 Å². The predicted molar refractivity (Wildman–Crippen MR) is 326 cm³/mol. The number of nitrogens with two attached hydrogens (primary N) is 1. The number of rotatable bonds is 9. The summed E-state index contributed by atoms with van der Waals surface area (Å²) in [5.41, 5.74) is 3.87. The Labute approximate surface area is 531 Å². The van der Waals surface area contributed by atoms with Gasteiger partial charge in [-0.05, 0) is 74.2 Å². The molecule has 90 heavy (non-hydrogen) atoms. The number of nitrogens with zero attached hydrogens (tertiary/aromatic N) is 4. The van der Waals surface area contributed by atoms with Gasteiger partial charge in [0.25, 0.3) is 47.3 Å². The smallest absolute Gasteiger partial charge is 0.506 e. The summed E-state index contributed by atoms with van der Waals surface area (Å²) < 4.78 is 0. The quantitative estimate of drug-likeness (QED) is 0.0706. The molecule has 12 bridgehead atoms. The van der Waals surface area contributed by atoms with Crippen molar-refractivity contribution in [2.75, 3.05) is 131 Å². The van der Waals surface area contributed by atoms with Crippen molar-refractivity contribution in [1.82, 2.24) is 67.5 Å². The number of hydrogen-bond acceptors (Lipinski definition) is 18. The van der Waals surface area contributed by atoms with Crippen molar-refractivity contribution in [1.29, 1.82) is 0 Å². The number of carbonyl (C=O) groups excluding carboxylic acids is 10. The molecule has 0 fully saturated rings. The fraction of sp³-hybridized carbons (Fsp3) is 0.443. The van der Waals surface area contributed by atoms with Gasteiger partial charge in [0.15, 0.2) is 0 Å². The van der Waals surface area contributed by atoms with E-state index in [1.165, 1.54) is 72.8 Å². The van der Waals surface area contributed by atoms with Gasteiger partial charge in [0.1, 0.15) is 23.0 Å². The van der Waals surface area contributed by atoms with Crippen LogP contribution in [0.5, 0.6) is 23.0 Å². The summed E-state index contributed by atoms with van der Waals surface area (Å²) in [4.78, 5) is 143. The molecule has 3 unspecified atom stereocenters. The molecule has 29 heteroatoms. The van der Waals surface area contributed by atoms with Crippen LogP contribution in [0.1, 0.15) is 121 Å². The number of benzene rings is 4. The molecule has 0 saturated carbocycles. The number of aromatic hydroxyl groups is 4.